The van der Waals surface area contributed by atoms with E-state index in [0.717, 1.165) is 17.0 Å². The van der Waals surface area contributed by atoms with E-state index in [1.54, 1.807) is 21.0 Å². The van der Waals surface area contributed by atoms with E-state index in [2.05, 4.69) is 15.4 Å². The van der Waals surface area contributed by atoms with E-state index in [1.165, 1.54) is 16.2 Å². The van der Waals surface area contributed by atoms with E-state index in [-0.39, 0.29) is 18.4 Å². The SMILES string of the molecule is Cc1nc(NC(=O)CN(C)Cc2c(C)nn(C)c2C)sc1C(=O)N(C)C. The Morgan fingerprint density at radius 1 is 1.15 bits per heavy atom. The lowest BCUT2D eigenvalue weighted by Crippen LogP contribution is -2.30. The first-order valence-corrected chi connectivity index (χ1v) is 9.08. The van der Waals surface area contributed by atoms with E-state index in [1.807, 2.05) is 37.5 Å². The number of aryl methyl sites for hydroxylation is 3. The fourth-order valence-electron chi connectivity index (χ4n) is 2.63. The second-order valence-corrected chi connectivity index (χ2v) is 7.63. The third-order valence-electron chi connectivity index (χ3n) is 4.14. The molecule has 0 spiro atoms. The normalized spacial score (nSPS) is 11.1. The van der Waals surface area contributed by atoms with E-state index < -0.39 is 0 Å². The van der Waals surface area contributed by atoms with E-state index >= 15 is 0 Å². The van der Waals surface area contributed by atoms with Crippen LogP contribution in [0.4, 0.5) is 5.13 Å². The molecule has 2 amide bonds. The Hall–Kier alpha value is -2.26. The number of hydrogen-bond acceptors (Lipinski definition) is 6. The second kappa shape index (κ2) is 7.96. The molecule has 0 aliphatic rings. The van der Waals surface area contributed by atoms with Crippen molar-refractivity contribution >= 4 is 28.3 Å². The van der Waals surface area contributed by atoms with Crippen LogP contribution in [-0.4, -0.2) is 64.1 Å². The predicted octanol–water partition coefficient (Wildman–Crippen LogP) is 1.57. The average Bonchev–Trinajstić information content (AvgIpc) is 3.00. The number of nitrogens with zero attached hydrogens (tertiary/aromatic N) is 5. The molecule has 0 atom stereocenters. The first-order valence-electron chi connectivity index (χ1n) is 8.26. The molecule has 9 heteroatoms. The van der Waals surface area contributed by atoms with Crippen LogP contribution < -0.4 is 5.32 Å². The van der Waals surface area contributed by atoms with Crippen molar-refractivity contribution < 1.29 is 9.59 Å². The third-order valence-corrected chi connectivity index (χ3v) is 5.20. The Balaban J connectivity index is 1.98. The third kappa shape index (κ3) is 4.47. The molecule has 0 aliphatic heterocycles. The number of likely N-dealkylation sites (N-methyl/N-ethyl adjacent to an activating group) is 1. The summed E-state index contributed by atoms with van der Waals surface area (Å²) in [6.07, 6.45) is 0. The van der Waals surface area contributed by atoms with Gasteiger partial charge in [0, 0.05) is 38.9 Å². The number of carbonyl (C=O) groups is 2. The summed E-state index contributed by atoms with van der Waals surface area (Å²) in [5.74, 6) is -0.274. The minimum absolute atomic E-state index is 0.111. The zero-order valence-electron chi connectivity index (χ0n) is 16.4. The number of aromatic nitrogens is 3. The van der Waals surface area contributed by atoms with Crippen LogP contribution in [0.15, 0.2) is 0 Å². The van der Waals surface area contributed by atoms with Crippen LogP contribution in [0.3, 0.4) is 0 Å². The minimum Gasteiger partial charge on any atom is -0.344 e. The first kappa shape index (κ1) is 20.1. The molecule has 1 N–H and O–H groups in total. The van der Waals surface area contributed by atoms with E-state index in [4.69, 9.17) is 0 Å². The minimum atomic E-state index is -0.163. The zero-order chi connectivity index (χ0) is 19.6. The summed E-state index contributed by atoms with van der Waals surface area (Å²) in [6, 6.07) is 0. The highest BCUT2D eigenvalue weighted by Gasteiger charge is 2.19. The number of carbonyl (C=O) groups excluding carboxylic acids is 2. The van der Waals surface area contributed by atoms with Crippen molar-refractivity contribution in [3.8, 4) is 0 Å². The van der Waals surface area contributed by atoms with Crippen LogP contribution in [-0.2, 0) is 18.4 Å². The number of amides is 2. The number of hydrogen-bond donors (Lipinski definition) is 1. The quantitative estimate of drug-likeness (QED) is 0.825. The van der Waals surface area contributed by atoms with Gasteiger partial charge in [0.1, 0.15) is 4.88 Å². The lowest BCUT2D eigenvalue weighted by Gasteiger charge is -2.16. The Labute approximate surface area is 157 Å². The summed E-state index contributed by atoms with van der Waals surface area (Å²) < 4.78 is 1.85. The molecule has 0 saturated heterocycles. The number of anilines is 1. The zero-order valence-corrected chi connectivity index (χ0v) is 17.2. The summed E-state index contributed by atoms with van der Waals surface area (Å²) in [4.78, 5) is 32.6. The van der Waals surface area contributed by atoms with Gasteiger partial charge in [-0.3, -0.25) is 19.2 Å². The van der Waals surface area contributed by atoms with Crippen molar-refractivity contribution in [2.75, 3.05) is 33.0 Å². The van der Waals surface area contributed by atoms with Gasteiger partial charge in [0.15, 0.2) is 5.13 Å². The van der Waals surface area contributed by atoms with Gasteiger partial charge >= 0.3 is 0 Å². The van der Waals surface area contributed by atoms with Gasteiger partial charge in [-0.2, -0.15) is 5.10 Å². The van der Waals surface area contributed by atoms with E-state index in [0.29, 0.717) is 22.2 Å². The molecule has 2 aromatic rings. The number of nitrogens with one attached hydrogen (secondary N) is 1. The van der Waals surface area contributed by atoms with Crippen LogP contribution in [0.5, 0.6) is 0 Å². The van der Waals surface area contributed by atoms with Crippen LogP contribution in [0.1, 0.15) is 32.3 Å². The summed E-state index contributed by atoms with van der Waals surface area (Å²) in [6.45, 7) is 6.62. The van der Waals surface area contributed by atoms with Gasteiger partial charge < -0.3 is 10.2 Å². The first-order chi connectivity index (χ1) is 12.1. The van der Waals surface area contributed by atoms with E-state index in [9.17, 15) is 9.59 Å². The Bertz CT molecular complexity index is 824. The van der Waals surface area contributed by atoms with Crippen molar-refractivity contribution in [1.82, 2.24) is 24.6 Å². The summed E-state index contributed by atoms with van der Waals surface area (Å²) in [5.41, 5.74) is 3.82. The molecule has 0 bridgehead atoms. The van der Waals surface area contributed by atoms with Gasteiger partial charge in [0.25, 0.3) is 5.91 Å². The van der Waals surface area contributed by atoms with Gasteiger partial charge in [-0.05, 0) is 27.8 Å². The smallest absolute Gasteiger partial charge is 0.265 e. The van der Waals surface area contributed by atoms with Crippen molar-refractivity contribution in [3.05, 3.63) is 27.5 Å². The monoisotopic (exact) mass is 378 g/mol. The molecule has 0 saturated carbocycles. The van der Waals surface area contributed by atoms with Gasteiger partial charge in [0.2, 0.25) is 5.91 Å². The van der Waals surface area contributed by atoms with Crippen molar-refractivity contribution in [1.29, 1.82) is 0 Å². The maximum atomic E-state index is 12.3. The summed E-state index contributed by atoms with van der Waals surface area (Å²) in [5, 5.41) is 7.63. The summed E-state index contributed by atoms with van der Waals surface area (Å²) >= 11 is 1.20. The predicted molar refractivity (Wildman–Crippen MR) is 103 cm³/mol. The molecule has 0 aliphatic carbocycles. The van der Waals surface area contributed by atoms with Gasteiger partial charge in [-0.25, -0.2) is 4.98 Å². The molecule has 0 aromatic carbocycles. The Kier molecular flexibility index (Phi) is 6.14. The highest BCUT2D eigenvalue weighted by atomic mass is 32.1. The lowest BCUT2D eigenvalue weighted by molar-refractivity contribution is -0.117. The maximum Gasteiger partial charge on any atom is 0.265 e. The highest BCUT2D eigenvalue weighted by molar-refractivity contribution is 7.17. The maximum absolute atomic E-state index is 12.3. The largest absolute Gasteiger partial charge is 0.344 e. The molecule has 0 fully saturated rings. The Morgan fingerprint density at radius 2 is 1.81 bits per heavy atom. The topological polar surface area (TPSA) is 83.4 Å². The molecular formula is C17H26N6O2S. The standard InChI is InChI=1S/C17H26N6O2S/c1-10-13(12(3)23(7)20-10)8-22(6)9-14(24)19-17-18-11(2)15(26-17)16(25)21(4)5/h8-9H2,1-7H3,(H,18,19,24). The second-order valence-electron chi connectivity index (χ2n) is 6.63. The van der Waals surface area contributed by atoms with Gasteiger partial charge in [-0.15, -0.1) is 0 Å². The lowest BCUT2D eigenvalue weighted by atomic mass is 10.2. The molecular weight excluding hydrogens is 352 g/mol. The van der Waals surface area contributed by atoms with Crippen molar-refractivity contribution in [3.63, 3.8) is 0 Å². The molecule has 2 rings (SSSR count). The van der Waals surface area contributed by atoms with Gasteiger partial charge in [-0.1, -0.05) is 11.3 Å². The number of rotatable bonds is 6. The molecule has 142 valence electrons. The average molecular weight is 379 g/mol. The highest BCUT2D eigenvalue weighted by Crippen LogP contribution is 2.23. The van der Waals surface area contributed by atoms with Crippen LogP contribution >= 0.6 is 11.3 Å². The molecule has 26 heavy (non-hydrogen) atoms. The van der Waals surface area contributed by atoms with Gasteiger partial charge in [0.05, 0.1) is 17.9 Å². The molecule has 0 unspecified atom stereocenters. The van der Waals surface area contributed by atoms with Crippen molar-refractivity contribution in [2.45, 2.75) is 27.3 Å². The fraction of sp³-hybridized carbons (Fsp3) is 0.529. The number of thiazole rings is 1. The van der Waals surface area contributed by atoms with Crippen LogP contribution in [0.2, 0.25) is 0 Å². The van der Waals surface area contributed by atoms with Crippen LogP contribution in [0.25, 0.3) is 0 Å². The molecule has 8 nitrogen and oxygen atoms in total. The van der Waals surface area contributed by atoms with Crippen LogP contribution in [0, 0.1) is 20.8 Å². The Morgan fingerprint density at radius 3 is 2.35 bits per heavy atom. The van der Waals surface area contributed by atoms with Crippen molar-refractivity contribution in [2.24, 2.45) is 7.05 Å². The fourth-order valence-corrected chi connectivity index (χ4v) is 3.63. The molecule has 2 aromatic heterocycles. The summed E-state index contributed by atoms with van der Waals surface area (Å²) in [7, 11) is 7.18. The molecule has 0 radical (unpaired) electrons. The molecule has 2 heterocycles.